The summed E-state index contributed by atoms with van der Waals surface area (Å²) in [5.74, 6) is 0. The Morgan fingerprint density at radius 3 is 2.50 bits per heavy atom. The molecule has 0 atom stereocenters. The fraction of sp³-hybridized carbons (Fsp3) is 0.227. The highest BCUT2D eigenvalue weighted by Crippen LogP contribution is 2.26. The number of rotatable bonds is 3. The van der Waals surface area contributed by atoms with Crippen molar-refractivity contribution in [1.82, 2.24) is 4.98 Å². The Kier molecular flexibility index (Phi) is 4.28. The van der Waals surface area contributed by atoms with Crippen molar-refractivity contribution in [3.05, 3.63) is 72.1 Å². The van der Waals surface area contributed by atoms with Crippen LogP contribution in [0.2, 0.25) is 0 Å². The van der Waals surface area contributed by atoms with Gasteiger partial charge in [0.05, 0.1) is 0 Å². The minimum atomic E-state index is 1.15. The van der Waals surface area contributed by atoms with Crippen LogP contribution in [0.1, 0.15) is 30.4 Å². The molecule has 1 fully saturated rings. The lowest BCUT2D eigenvalue weighted by atomic mass is 10.0. The van der Waals surface area contributed by atoms with Gasteiger partial charge in [-0.2, -0.15) is 0 Å². The van der Waals surface area contributed by atoms with Crippen molar-refractivity contribution in [3.8, 4) is 0 Å². The molecule has 1 aliphatic heterocycles. The van der Waals surface area contributed by atoms with Crippen molar-refractivity contribution < 1.29 is 0 Å². The SMILES string of the molecule is C(=C\c1cccc2ccccc12)/c1cnccc1N1CCCCC1. The lowest BCUT2D eigenvalue weighted by molar-refractivity contribution is 0.577. The summed E-state index contributed by atoms with van der Waals surface area (Å²) in [7, 11) is 0. The van der Waals surface area contributed by atoms with Gasteiger partial charge in [0.25, 0.3) is 0 Å². The first-order valence-corrected chi connectivity index (χ1v) is 8.77. The summed E-state index contributed by atoms with van der Waals surface area (Å²) in [6.07, 6.45) is 12.2. The standard InChI is InChI=1S/C22H22N2/c1-4-15-24(16-5-1)22-13-14-23-17-20(22)12-11-19-9-6-8-18-7-2-3-10-21(18)19/h2-3,6-14,17H,1,4-5,15-16H2/b12-11+. The van der Waals surface area contributed by atoms with E-state index in [4.69, 9.17) is 0 Å². The van der Waals surface area contributed by atoms with E-state index in [-0.39, 0.29) is 0 Å². The van der Waals surface area contributed by atoms with E-state index in [0.717, 1.165) is 13.1 Å². The second kappa shape index (κ2) is 6.88. The number of anilines is 1. The molecule has 1 saturated heterocycles. The van der Waals surface area contributed by atoms with Gasteiger partial charge in [-0.3, -0.25) is 4.98 Å². The zero-order valence-electron chi connectivity index (χ0n) is 13.9. The van der Waals surface area contributed by atoms with Crippen LogP contribution in [0.15, 0.2) is 60.9 Å². The summed E-state index contributed by atoms with van der Waals surface area (Å²) in [6.45, 7) is 2.30. The number of piperidine rings is 1. The van der Waals surface area contributed by atoms with E-state index in [1.165, 1.54) is 46.8 Å². The Balaban J connectivity index is 1.68. The largest absolute Gasteiger partial charge is 0.371 e. The molecule has 0 N–H and O–H groups in total. The van der Waals surface area contributed by atoms with Gasteiger partial charge < -0.3 is 4.90 Å². The Bertz CT molecular complexity index is 855. The van der Waals surface area contributed by atoms with Crippen molar-refractivity contribution in [3.63, 3.8) is 0 Å². The molecule has 2 nitrogen and oxygen atoms in total. The first kappa shape index (κ1) is 14.9. The van der Waals surface area contributed by atoms with Crippen LogP contribution in [0.25, 0.3) is 22.9 Å². The maximum Gasteiger partial charge on any atom is 0.0470 e. The van der Waals surface area contributed by atoms with E-state index in [0.29, 0.717) is 0 Å². The topological polar surface area (TPSA) is 16.1 Å². The van der Waals surface area contributed by atoms with Crippen molar-refractivity contribution in [1.29, 1.82) is 0 Å². The molecule has 0 bridgehead atoms. The number of fused-ring (bicyclic) bond motifs is 1. The van der Waals surface area contributed by atoms with Crippen LogP contribution in [-0.4, -0.2) is 18.1 Å². The number of nitrogens with zero attached hydrogens (tertiary/aromatic N) is 2. The van der Waals surface area contributed by atoms with Crippen LogP contribution in [0.3, 0.4) is 0 Å². The Labute approximate surface area is 143 Å². The molecule has 0 aliphatic carbocycles. The van der Waals surface area contributed by atoms with Gasteiger partial charge >= 0.3 is 0 Å². The van der Waals surface area contributed by atoms with E-state index in [2.05, 4.69) is 70.6 Å². The number of pyridine rings is 1. The molecule has 0 unspecified atom stereocenters. The normalized spacial score (nSPS) is 15.2. The monoisotopic (exact) mass is 314 g/mol. The molecule has 2 heteroatoms. The van der Waals surface area contributed by atoms with Crippen molar-refractivity contribution in [2.45, 2.75) is 19.3 Å². The van der Waals surface area contributed by atoms with E-state index >= 15 is 0 Å². The molecule has 0 saturated carbocycles. The second-order valence-electron chi connectivity index (χ2n) is 6.38. The number of aromatic nitrogens is 1. The maximum atomic E-state index is 4.34. The molecule has 0 radical (unpaired) electrons. The van der Waals surface area contributed by atoms with Gasteiger partial charge in [0.15, 0.2) is 0 Å². The highest BCUT2D eigenvalue weighted by Gasteiger charge is 2.13. The maximum absolute atomic E-state index is 4.34. The third kappa shape index (κ3) is 3.05. The molecule has 120 valence electrons. The first-order valence-electron chi connectivity index (χ1n) is 8.77. The second-order valence-corrected chi connectivity index (χ2v) is 6.38. The van der Waals surface area contributed by atoms with Gasteiger partial charge in [-0.1, -0.05) is 54.6 Å². The third-order valence-electron chi connectivity index (χ3n) is 4.79. The van der Waals surface area contributed by atoms with Gasteiger partial charge in [0.2, 0.25) is 0 Å². The van der Waals surface area contributed by atoms with Gasteiger partial charge in [-0.05, 0) is 41.7 Å². The summed E-state index contributed by atoms with van der Waals surface area (Å²) in [6, 6.07) is 17.1. The third-order valence-corrected chi connectivity index (χ3v) is 4.79. The zero-order chi connectivity index (χ0) is 16.2. The summed E-state index contributed by atoms with van der Waals surface area (Å²) in [4.78, 5) is 6.83. The average molecular weight is 314 g/mol. The van der Waals surface area contributed by atoms with Crippen molar-refractivity contribution >= 4 is 28.6 Å². The molecule has 1 aliphatic rings. The summed E-state index contributed by atoms with van der Waals surface area (Å²) >= 11 is 0. The number of hydrogen-bond acceptors (Lipinski definition) is 2. The van der Waals surface area contributed by atoms with E-state index in [1.807, 2.05) is 12.4 Å². The van der Waals surface area contributed by atoms with Crippen LogP contribution in [-0.2, 0) is 0 Å². The summed E-state index contributed by atoms with van der Waals surface area (Å²) in [5, 5.41) is 2.57. The Morgan fingerprint density at radius 1 is 0.792 bits per heavy atom. The highest BCUT2D eigenvalue weighted by atomic mass is 15.1. The summed E-state index contributed by atoms with van der Waals surface area (Å²) < 4.78 is 0. The molecule has 1 aromatic heterocycles. The fourth-order valence-corrected chi connectivity index (χ4v) is 3.53. The van der Waals surface area contributed by atoms with Crippen LogP contribution in [0.4, 0.5) is 5.69 Å². The van der Waals surface area contributed by atoms with Gasteiger partial charge in [-0.25, -0.2) is 0 Å². The quantitative estimate of drug-likeness (QED) is 0.644. The Morgan fingerprint density at radius 2 is 1.58 bits per heavy atom. The lowest BCUT2D eigenvalue weighted by Gasteiger charge is -2.29. The molecule has 4 rings (SSSR count). The van der Waals surface area contributed by atoms with E-state index in [9.17, 15) is 0 Å². The van der Waals surface area contributed by atoms with E-state index < -0.39 is 0 Å². The number of benzene rings is 2. The van der Waals surface area contributed by atoms with Crippen molar-refractivity contribution in [2.75, 3.05) is 18.0 Å². The molecule has 24 heavy (non-hydrogen) atoms. The molecular formula is C22H22N2. The zero-order valence-corrected chi connectivity index (χ0v) is 13.9. The molecule has 3 aromatic rings. The van der Waals surface area contributed by atoms with Crippen LogP contribution in [0.5, 0.6) is 0 Å². The minimum absolute atomic E-state index is 1.15. The predicted molar refractivity (Wildman–Crippen MR) is 103 cm³/mol. The van der Waals surface area contributed by atoms with Gasteiger partial charge in [0, 0.05) is 36.7 Å². The molecule has 2 aromatic carbocycles. The van der Waals surface area contributed by atoms with Crippen LogP contribution < -0.4 is 4.90 Å². The number of hydrogen-bond donors (Lipinski definition) is 0. The fourth-order valence-electron chi connectivity index (χ4n) is 3.53. The van der Waals surface area contributed by atoms with E-state index in [1.54, 1.807) is 0 Å². The smallest absolute Gasteiger partial charge is 0.0470 e. The summed E-state index contributed by atoms with van der Waals surface area (Å²) in [5.41, 5.74) is 3.76. The van der Waals surface area contributed by atoms with Crippen LogP contribution >= 0.6 is 0 Å². The van der Waals surface area contributed by atoms with Crippen molar-refractivity contribution in [2.24, 2.45) is 0 Å². The minimum Gasteiger partial charge on any atom is -0.371 e. The molecular weight excluding hydrogens is 292 g/mol. The lowest BCUT2D eigenvalue weighted by Crippen LogP contribution is -2.29. The van der Waals surface area contributed by atoms with Crippen LogP contribution in [0, 0.1) is 0 Å². The highest BCUT2D eigenvalue weighted by molar-refractivity contribution is 5.93. The molecule has 0 spiro atoms. The Hall–Kier alpha value is -2.61. The molecule has 2 heterocycles. The average Bonchev–Trinajstić information content (AvgIpc) is 2.67. The van der Waals surface area contributed by atoms with Gasteiger partial charge in [0.1, 0.15) is 0 Å². The van der Waals surface area contributed by atoms with Gasteiger partial charge in [-0.15, -0.1) is 0 Å². The first-order chi connectivity index (χ1) is 11.9. The molecule has 0 amide bonds. The predicted octanol–water partition coefficient (Wildman–Crippen LogP) is 5.40.